The van der Waals surface area contributed by atoms with Crippen molar-refractivity contribution in [1.82, 2.24) is 9.88 Å². The Morgan fingerprint density at radius 1 is 0.698 bits per heavy atom. The predicted octanol–water partition coefficient (Wildman–Crippen LogP) is 9.30. The molecule has 1 aromatic heterocycles. The van der Waals surface area contributed by atoms with Gasteiger partial charge < -0.3 is 24.9 Å². The second kappa shape index (κ2) is 16.9. The van der Waals surface area contributed by atoms with Crippen LogP contribution in [0.4, 0.5) is 11.4 Å². The average Bonchev–Trinajstić information content (AvgIpc) is 3.20. The number of nitrogens with one attached hydrogen (secondary N) is 2. The van der Waals surface area contributed by atoms with Crippen LogP contribution in [0.2, 0.25) is 0 Å². The lowest BCUT2D eigenvalue weighted by Crippen LogP contribution is -2.30. The Balaban J connectivity index is 1.05. The maximum Gasteiger partial charge on any atom is 0.248 e. The summed E-state index contributed by atoms with van der Waals surface area (Å²) in [6.07, 6.45) is 0.00746. The summed E-state index contributed by atoms with van der Waals surface area (Å²) >= 11 is 0. The first kappa shape index (κ1) is 35.3. The van der Waals surface area contributed by atoms with Crippen molar-refractivity contribution in [2.24, 2.45) is 0 Å². The Morgan fingerprint density at radius 3 is 2.08 bits per heavy atom. The van der Waals surface area contributed by atoms with Crippen molar-refractivity contribution in [3.8, 4) is 22.6 Å². The van der Waals surface area contributed by atoms with Crippen LogP contribution >= 0.6 is 0 Å². The van der Waals surface area contributed by atoms with E-state index in [1.165, 1.54) is 17.2 Å². The number of benzene rings is 6. The minimum absolute atomic E-state index is 0.221. The van der Waals surface area contributed by atoms with Gasteiger partial charge in [0.1, 0.15) is 18.1 Å². The van der Waals surface area contributed by atoms with E-state index in [0.717, 1.165) is 57.7 Å². The second-order valence-corrected chi connectivity index (χ2v) is 13.1. The quantitative estimate of drug-likeness (QED) is 0.0988. The number of pyridine rings is 1. The van der Waals surface area contributed by atoms with Gasteiger partial charge in [0.25, 0.3) is 0 Å². The summed E-state index contributed by atoms with van der Waals surface area (Å²) in [6.45, 7) is 2.21. The molecule has 7 rings (SSSR count). The van der Waals surface area contributed by atoms with Crippen LogP contribution in [-0.2, 0) is 19.6 Å². The standard InChI is InChI=1S/C46H43N3O4/c1-52-43-24-21-38(29-41(43)36-15-9-4-10-16-36)47-37-19-17-33(18-20-37)27-28-49(30-34-11-5-2-6-12-34)31-42(50)39-22-25-44(46-40(39)23-26-45(51)48-46)53-32-35-13-7-3-8-14-35/h2-26,29,42,47,50H,27-28,30-32H2,1H3,(H,48,51). The molecular formula is C46H43N3O4. The van der Waals surface area contributed by atoms with Crippen LogP contribution < -0.4 is 20.3 Å². The second-order valence-electron chi connectivity index (χ2n) is 13.1. The van der Waals surface area contributed by atoms with E-state index in [-0.39, 0.29) is 5.56 Å². The number of aliphatic hydroxyl groups excluding tert-OH is 1. The number of aliphatic hydroxyl groups is 1. The van der Waals surface area contributed by atoms with E-state index in [2.05, 4.69) is 69.8 Å². The summed E-state index contributed by atoms with van der Waals surface area (Å²) in [5.41, 5.74) is 8.61. The molecule has 266 valence electrons. The number of hydrogen-bond acceptors (Lipinski definition) is 6. The molecule has 0 radical (unpaired) electrons. The van der Waals surface area contributed by atoms with Gasteiger partial charge in [0.2, 0.25) is 5.56 Å². The van der Waals surface area contributed by atoms with Gasteiger partial charge in [-0.05, 0) is 76.7 Å². The number of aromatic nitrogens is 1. The third-order valence-corrected chi connectivity index (χ3v) is 9.41. The molecule has 7 heteroatoms. The monoisotopic (exact) mass is 701 g/mol. The topological polar surface area (TPSA) is 86.8 Å². The zero-order valence-corrected chi connectivity index (χ0v) is 29.7. The smallest absolute Gasteiger partial charge is 0.248 e. The molecule has 1 unspecified atom stereocenters. The van der Waals surface area contributed by atoms with Gasteiger partial charge in [0, 0.05) is 48.0 Å². The fourth-order valence-corrected chi connectivity index (χ4v) is 6.65. The Bertz CT molecular complexity index is 2290. The molecule has 7 aromatic rings. The highest BCUT2D eigenvalue weighted by Gasteiger charge is 2.19. The van der Waals surface area contributed by atoms with Gasteiger partial charge in [-0.1, -0.05) is 109 Å². The maximum absolute atomic E-state index is 12.4. The zero-order chi connectivity index (χ0) is 36.4. The van der Waals surface area contributed by atoms with Crippen molar-refractivity contribution in [2.45, 2.75) is 25.7 Å². The largest absolute Gasteiger partial charge is 0.496 e. The summed E-state index contributed by atoms with van der Waals surface area (Å²) in [7, 11) is 1.70. The minimum atomic E-state index is -0.799. The summed E-state index contributed by atoms with van der Waals surface area (Å²) in [5.74, 6) is 1.40. The van der Waals surface area contributed by atoms with Gasteiger partial charge in [0.05, 0.1) is 18.7 Å². The van der Waals surface area contributed by atoms with E-state index in [4.69, 9.17) is 9.47 Å². The molecular weight excluding hydrogens is 659 g/mol. The molecule has 0 fully saturated rings. The third-order valence-electron chi connectivity index (χ3n) is 9.41. The molecule has 0 aliphatic heterocycles. The van der Waals surface area contributed by atoms with Crippen LogP contribution in [0, 0.1) is 0 Å². The lowest BCUT2D eigenvalue weighted by molar-refractivity contribution is 0.110. The molecule has 0 aliphatic rings. The van der Waals surface area contributed by atoms with Crippen LogP contribution in [-0.4, -0.2) is 35.2 Å². The van der Waals surface area contributed by atoms with Crippen LogP contribution in [0.15, 0.2) is 163 Å². The van der Waals surface area contributed by atoms with Crippen molar-refractivity contribution in [3.63, 3.8) is 0 Å². The number of rotatable bonds is 15. The fraction of sp³-hybridized carbons (Fsp3) is 0.152. The highest BCUT2D eigenvalue weighted by molar-refractivity contribution is 5.87. The number of fused-ring (bicyclic) bond motifs is 1. The number of nitrogens with zero attached hydrogens (tertiary/aromatic N) is 1. The molecule has 7 nitrogen and oxygen atoms in total. The maximum atomic E-state index is 12.4. The molecule has 6 aromatic carbocycles. The first-order valence-electron chi connectivity index (χ1n) is 17.9. The van der Waals surface area contributed by atoms with Crippen LogP contribution in [0.3, 0.4) is 0 Å². The average molecular weight is 702 g/mol. The Kier molecular flexibility index (Phi) is 11.3. The van der Waals surface area contributed by atoms with Gasteiger partial charge in [-0.15, -0.1) is 0 Å². The number of H-pyrrole nitrogens is 1. The molecule has 1 heterocycles. The van der Waals surface area contributed by atoms with Crippen LogP contribution in [0.1, 0.15) is 28.4 Å². The Morgan fingerprint density at radius 2 is 1.36 bits per heavy atom. The molecule has 0 saturated heterocycles. The van der Waals surface area contributed by atoms with Crippen molar-refractivity contribution in [1.29, 1.82) is 0 Å². The van der Waals surface area contributed by atoms with Gasteiger partial charge in [0.15, 0.2) is 0 Å². The van der Waals surface area contributed by atoms with Gasteiger partial charge in [-0.2, -0.15) is 0 Å². The van der Waals surface area contributed by atoms with Crippen LogP contribution in [0.25, 0.3) is 22.0 Å². The highest BCUT2D eigenvalue weighted by Crippen LogP contribution is 2.34. The normalized spacial score (nSPS) is 11.8. The molecule has 1 atom stereocenters. The van der Waals surface area contributed by atoms with Gasteiger partial charge in [-0.3, -0.25) is 9.69 Å². The number of ether oxygens (including phenoxy) is 2. The SMILES string of the molecule is COc1ccc(Nc2ccc(CCN(Cc3ccccc3)CC(O)c3ccc(OCc4ccccc4)c4[nH]c(=O)ccc34)cc2)cc1-c1ccccc1. The summed E-state index contributed by atoms with van der Waals surface area (Å²) < 4.78 is 11.8. The van der Waals surface area contributed by atoms with Crippen molar-refractivity contribution in [2.75, 3.05) is 25.5 Å². The predicted molar refractivity (Wildman–Crippen MR) is 214 cm³/mol. The van der Waals surface area contributed by atoms with Crippen LogP contribution in [0.5, 0.6) is 11.5 Å². The lowest BCUT2D eigenvalue weighted by atomic mass is 10.0. The first-order chi connectivity index (χ1) is 26.0. The minimum Gasteiger partial charge on any atom is -0.496 e. The molecule has 3 N–H and O–H groups in total. The number of hydrogen-bond donors (Lipinski definition) is 3. The molecule has 53 heavy (non-hydrogen) atoms. The van der Waals surface area contributed by atoms with Gasteiger partial charge in [-0.25, -0.2) is 0 Å². The molecule has 0 spiro atoms. The lowest BCUT2D eigenvalue weighted by Gasteiger charge is -2.26. The van der Waals surface area contributed by atoms with E-state index in [0.29, 0.717) is 31.0 Å². The van der Waals surface area contributed by atoms with E-state index in [9.17, 15) is 9.90 Å². The Hall–Kier alpha value is -6.15. The van der Waals surface area contributed by atoms with Crippen molar-refractivity contribution in [3.05, 3.63) is 190 Å². The first-order valence-corrected chi connectivity index (χ1v) is 17.9. The molecule has 0 saturated carbocycles. The van der Waals surface area contributed by atoms with E-state index >= 15 is 0 Å². The zero-order valence-electron chi connectivity index (χ0n) is 29.7. The van der Waals surface area contributed by atoms with E-state index < -0.39 is 6.10 Å². The van der Waals surface area contributed by atoms with E-state index in [1.807, 2.05) is 91.0 Å². The van der Waals surface area contributed by atoms with Gasteiger partial charge >= 0.3 is 0 Å². The summed E-state index contributed by atoms with van der Waals surface area (Å²) in [6, 6.07) is 52.1. The highest BCUT2D eigenvalue weighted by atomic mass is 16.5. The molecule has 0 aliphatic carbocycles. The fourth-order valence-electron chi connectivity index (χ4n) is 6.65. The number of anilines is 2. The van der Waals surface area contributed by atoms with Crippen molar-refractivity contribution >= 4 is 22.3 Å². The molecule has 0 amide bonds. The van der Waals surface area contributed by atoms with E-state index in [1.54, 1.807) is 13.2 Å². The third kappa shape index (κ3) is 9.02. The summed E-state index contributed by atoms with van der Waals surface area (Å²) in [5, 5.41) is 16.0. The number of aromatic amines is 1. The summed E-state index contributed by atoms with van der Waals surface area (Å²) in [4.78, 5) is 17.6. The Labute approximate surface area is 310 Å². The molecule has 0 bridgehead atoms. The van der Waals surface area contributed by atoms with Crippen molar-refractivity contribution < 1.29 is 14.6 Å². The number of methoxy groups -OCH3 is 1.